The molecule has 0 saturated carbocycles. The van der Waals surface area contributed by atoms with E-state index in [0.29, 0.717) is 0 Å². The average Bonchev–Trinajstić information content (AvgIpc) is 2.86. The second-order valence-electron chi connectivity index (χ2n) is 10.4. The zero-order valence-electron chi connectivity index (χ0n) is 23.4. The fraction of sp³-hybridized carbons (Fsp3) is 0.577. The van der Waals surface area contributed by atoms with Crippen LogP contribution in [0.15, 0.2) is 52.2 Å². The Kier molecular flexibility index (Phi) is 12.8. The predicted molar refractivity (Wildman–Crippen MR) is 147 cm³/mol. The Morgan fingerprint density at radius 3 is 2.38 bits per heavy atom. The number of aromatic nitrogens is 2. The molecular weight excluding hydrogens is 545 g/mol. The summed E-state index contributed by atoms with van der Waals surface area (Å²) in [4.78, 5) is 38.6. The minimum Gasteiger partial charge on any atom is -0.464 e. The molecule has 2 aromatic rings. The molecule has 1 heterocycles. The molecular formula is C26H40N3O10P. The summed E-state index contributed by atoms with van der Waals surface area (Å²) in [6.07, 6.45) is -0.796. The van der Waals surface area contributed by atoms with Crippen molar-refractivity contribution in [3.8, 4) is 5.75 Å². The zero-order chi connectivity index (χ0) is 29.9. The predicted octanol–water partition coefficient (Wildman–Crippen LogP) is 2.20. The van der Waals surface area contributed by atoms with E-state index in [1.165, 1.54) is 20.0 Å². The highest BCUT2D eigenvalue weighted by Gasteiger charge is 2.33. The Bertz CT molecular complexity index is 1230. The lowest BCUT2D eigenvalue weighted by atomic mass is 9.97. The number of hydrogen-bond donors (Lipinski definition) is 4. The Morgan fingerprint density at radius 2 is 1.80 bits per heavy atom. The van der Waals surface area contributed by atoms with Crippen molar-refractivity contribution in [1.82, 2.24) is 14.6 Å². The minimum absolute atomic E-state index is 0.0834. The highest BCUT2D eigenvalue weighted by atomic mass is 31.2. The van der Waals surface area contributed by atoms with Gasteiger partial charge in [-0.2, -0.15) is 5.09 Å². The van der Waals surface area contributed by atoms with Crippen LogP contribution in [0.2, 0.25) is 0 Å². The van der Waals surface area contributed by atoms with Crippen molar-refractivity contribution in [2.45, 2.75) is 59.4 Å². The molecule has 0 spiro atoms. The van der Waals surface area contributed by atoms with Gasteiger partial charge in [-0.05, 0) is 37.8 Å². The van der Waals surface area contributed by atoms with Gasteiger partial charge in [-0.15, -0.1) is 0 Å². The first-order chi connectivity index (χ1) is 18.7. The standard InChI is InChI=1S/C26H40N3O10P/c1-18(24(33)37-17-26(3,4)5)28-40(35,39-20-9-7-6-8-10-20)38-16-15-36-23(21(12-14-30)19(2)31)29-13-11-22(32)27-25(29)34/h6-11,13,18-19,21,23,30-31H,12,14-17H2,1-5H3,(H,28,35)(H,27,32,34). The van der Waals surface area contributed by atoms with Crippen molar-refractivity contribution >= 4 is 13.7 Å². The van der Waals surface area contributed by atoms with Gasteiger partial charge in [-0.1, -0.05) is 39.0 Å². The van der Waals surface area contributed by atoms with Crippen molar-refractivity contribution < 1.29 is 38.1 Å². The molecule has 0 radical (unpaired) electrons. The molecule has 5 unspecified atom stereocenters. The number of nitrogens with zero attached hydrogens (tertiary/aromatic N) is 1. The summed E-state index contributed by atoms with van der Waals surface area (Å²) < 4.78 is 37.1. The highest BCUT2D eigenvalue weighted by Crippen LogP contribution is 2.45. The Morgan fingerprint density at radius 1 is 1.12 bits per heavy atom. The van der Waals surface area contributed by atoms with Gasteiger partial charge in [0.1, 0.15) is 18.0 Å². The summed E-state index contributed by atoms with van der Waals surface area (Å²) in [6.45, 7) is 7.96. The molecule has 1 aromatic carbocycles. The number of carbonyl (C=O) groups excluding carboxylic acids is 1. The van der Waals surface area contributed by atoms with Crippen LogP contribution in [0.3, 0.4) is 0 Å². The van der Waals surface area contributed by atoms with E-state index >= 15 is 0 Å². The van der Waals surface area contributed by atoms with Gasteiger partial charge in [0.05, 0.1) is 25.9 Å². The van der Waals surface area contributed by atoms with Crippen LogP contribution >= 0.6 is 7.75 Å². The van der Waals surface area contributed by atoms with Crippen LogP contribution in [0, 0.1) is 11.3 Å². The van der Waals surface area contributed by atoms with E-state index in [1.807, 2.05) is 20.8 Å². The average molecular weight is 586 g/mol. The third-order valence-corrected chi connectivity index (χ3v) is 7.21. The molecule has 0 fully saturated rings. The SMILES string of the molecule is CC(NP(=O)(OCCOC(C(CCO)C(C)O)n1ccc(=O)[nH]c1=O)Oc1ccccc1)C(=O)OCC(C)(C)C. The van der Waals surface area contributed by atoms with Crippen molar-refractivity contribution in [2.24, 2.45) is 11.3 Å². The lowest BCUT2D eigenvalue weighted by Gasteiger charge is -2.30. The molecule has 5 atom stereocenters. The largest absolute Gasteiger partial charge is 0.464 e. The van der Waals surface area contributed by atoms with Gasteiger partial charge in [0.2, 0.25) is 0 Å². The summed E-state index contributed by atoms with van der Waals surface area (Å²) in [6, 6.07) is 8.31. The van der Waals surface area contributed by atoms with Gasteiger partial charge in [-0.3, -0.25) is 23.7 Å². The van der Waals surface area contributed by atoms with Gasteiger partial charge < -0.3 is 24.2 Å². The fourth-order valence-electron chi connectivity index (χ4n) is 3.55. The van der Waals surface area contributed by atoms with E-state index in [1.54, 1.807) is 30.3 Å². The Labute approximate surface area is 233 Å². The summed E-state index contributed by atoms with van der Waals surface area (Å²) in [7, 11) is -4.16. The number of ether oxygens (including phenoxy) is 2. The fourth-order valence-corrected chi connectivity index (χ4v) is 5.02. The second-order valence-corrected chi connectivity index (χ2v) is 12.1. The number of aliphatic hydroxyl groups excluding tert-OH is 2. The van der Waals surface area contributed by atoms with Gasteiger partial charge >= 0.3 is 19.4 Å². The van der Waals surface area contributed by atoms with E-state index in [2.05, 4.69) is 10.1 Å². The Balaban J connectivity index is 2.18. The molecule has 4 N–H and O–H groups in total. The highest BCUT2D eigenvalue weighted by molar-refractivity contribution is 7.52. The van der Waals surface area contributed by atoms with E-state index in [4.69, 9.17) is 18.5 Å². The molecule has 2 rings (SSSR count). The van der Waals surface area contributed by atoms with Crippen molar-refractivity contribution in [2.75, 3.05) is 26.4 Å². The number of nitrogens with one attached hydrogen (secondary N) is 2. The number of H-pyrrole nitrogens is 1. The molecule has 40 heavy (non-hydrogen) atoms. The van der Waals surface area contributed by atoms with Crippen LogP contribution in [0.5, 0.6) is 5.75 Å². The van der Waals surface area contributed by atoms with Gasteiger partial charge in [0.15, 0.2) is 0 Å². The van der Waals surface area contributed by atoms with Gasteiger partial charge in [0.25, 0.3) is 5.56 Å². The third kappa shape index (κ3) is 11.0. The first kappa shape index (κ1) is 33.4. The lowest BCUT2D eigenvalue weighted by molar-refractivity contribution is -0.148. The monoisotopic (exact) mass is 585 g/mol. The van der Waals surface area contributed by atoms with Crippen LogP contribution in [-0.2, 0) is 23.4 Å². The first-order valence-electron chi connectivity index (χ1n) is 12.9. The van der Waals surface area contributed by atoms with Gasteiger partial charge in [0, 0.05) is 24.8 Å². The van der Waals surface area contributed by atoms with Gasteiger partial charge in [-0.25, -0.2) is 9.36 Å². The number of aromatic amines is 1. The summed E-state index contributed by atoms with van der Waals surface area (Å²) in [5, 5.41) is 22.4. The molecule has 1 aromatic heterocycles. The van der Waals surface area contributed by atoms with Crippen molar-refractivity contribution in [1.29, 1.82) is 0 Å². The van der Waals surface area contributed by atoms with Crippen LogP contribution in [0.1, 0.15) is 47.3 Å². The number of aliphatic hydroxyl groups is 2. The second kappa shape index (κ2) is 15.3. The molecule has 0 aliphatic heterocycles. The molecule has 0 saturated heterocycles. The maximum absolute atomic E-state index is 13.7. The summed E-state index contributed by atoms with van der Waals surface area (Å²) in [5.74, 6) is -1.16. The quantitative estimate of drug-likeness (QED) is 0.129. The molecule has 224 valence electrons. The van der Waals surface area contributed by atoms with E-state index < -0.39 is 49.3 Å². The van der Waals surface area contributed by atoms with Crippen molar-refractivity contribution in [3.63, 3.8) is 0 Å². The molecule has 0 aliphatic rings. The molecule has 14 heteroatoms. The number of hydrogen-bond acceptors (Lipinski definition) is 10. The first-order valence-corrected chi connectivity index (χ1v) is 14.4. The normalized spacial score (nSPS) is 16.4. The van der Waals surface area contributed by atoms with Crippen LogP contribution in [0.4, 0.5) is 0 Å². The van der Waals surface area contributed by atoms with E-state index in [0.717, 1.165) is 10.6 Å². The molecule has 13 nitrogen and oxygen atoms in total. The van der Waals surface area contributed by atoms with Crippen LogP contribution in [0.25, 0.3) is 0 Å². The van der Waals surface area contributed by atoms with E-state index in [9.17, 15) is 29.2 Å². The van der Waals surface area contributed by atoms with E-state index in [-0.39, 0.29) is 44.0 Å². The van der Waals surface area contributed by atoms with Crippen LogP contribution in [-0.4, -0.2) is 64.3 Å². The minimum atomic E-state index is -4.16. The smallest absolute Gasteiger partial charge is 0.459 e. The number of esters is 1. The third-order valence-electron chi connectivity index (χ3n) is 5.53. The zero-order valence-corrected chi connectivity index (χ0v) is 24.3. The van der Waals surface area contributed by atoms with Crippen LogP contribution < -0.4 is 20.9 Å². The number of carbonyl (C=O) groups is 1. The lowest BCUT2D eigenvalue weighted by Crippen LogP contribution is -2.39. The molecule has 0 amide bonds. The number of para-hydroxylation sites is 1. The topological polar surface area (TPSA) is 178 Å². The number of rotatable bonds is 16. The Hall–Kier alpha value is -2.80. The maximum Gasteiger partial charge on any atom is 0.459 e. The van der Waals surface area contributed by atoms with Crippen molar-refractivity contribution in [3.05, 3.63) is 63.4 Å². The summed E-state index contributed by atoms with van der Waals surface area (Å²) in [5.41, 5.74) is -1.65. The maximum atomic E-state index is 13.7. The summed E-state index contributed by atoms with van der Waals surface area (Å²) >= 11 is 0. The molecule has 0 aliphatic carbocycles. The number of benzene rings is 1. The molecule has 0 bridgehead atoms.